The molecule has 0 bridgehead atoms. The van der Waals surface area contributed by atoms with Crippen LogP contribution in [0, 0.1) is 0 Å². The van der Waals surface area contributed by atoms with Gasteiger partial charge in [0.05, 0.1) is 0 Å². The number of anilines is 1. The predicted molar refractivity (Wildman–Crippen MR) is 99.2 cm³/mol. The van der Waals surface area contributed by atoms with Gasteiger partial charge in [0, 0.05) is 35.8 Å². The van der Waals surface area contributed by atoms with Gasteiger partial charge in [-0.25, -0.2) is 0 Å². The molecule has 1 atom stereocenters. The maximum atomic E-state index is 11.2. The van der Waals surface area contributed by atoms with Gasteiger partial charge in [-0.3, -0.25) is 4.79 Å². The zero-order valence-electron chi connectivity index (χ0n) is 14.1. The van der Waals surface area contributed by atoms with E-state index in [1.54, 1.807) is 0 Å². The van der Waals surface area contributed by atoms with Gasteiger partial charge in [-0.15, -0.1) is 0 Å². The van der Waals surface area contributed by atoms with Crippen molar-refractivity contribution in [2.45, 2.75) is 26.3 Å². The standard InChI is InChI=1S/C20H23N3O/c1-14(16-6-5-7-18(12-16)23-15(2)24)21-11-10-17-13-22-20-9-4-3-8-19(17)20/h3-9,12-14,21-22H,10-11H2,1-2H3,(H,23,24). The average Bonchev–Trinajstić information content (AvgIpc) is 2.98. The van der Waals surface area contributed by atoms with Gasteiger partial charge in [-0.2, -0.15) is 0 Å². The lowest BCUT2D eigenvalue weighted by atomic mass is 10.1. The fourth-order valence-electron chi connectivity index (χ4n) is 2.97. The van der Waals surface area contributed by atoms with Crippen LogP contribution in [0.5, 0.6) is 0 Å². The van der Waals surface area contributed by atoms with Crippen LogP contribution in [-0.4, -0.2) is 17.4 Å². The second-order valence-electron chi connectivity index (χ2n) is 6.09. The summed E-state index contributed by atoms with van der Waals surface area (Å²) in [5, 5.41) is 7.67. The smallest absolute Gasteiger partial charge is 0.221 e. The lowest BCUT2D eigenvalue weighted by molar-refractivity contribution is -0.114. The van der Waals surface area contributed by atoms with E-state index < -0.39 is 0 Å². The van der Waals surface area contributed by atoms with Crippen molar-refractivity contribution < 1.29 is 4.79 Å². The number of carbonyl (C=O) groups excluding carboxylic acids is 1. The number of hydrogen-bond acceptors (Lipinski definition) is 2. The first kappa shape index (κ1) is 16.3. The van der Waals surface area contributed by atoms with Crippen molar-refractivity contribution in [3.63, 3.8) is 0 Å². The largest absolute Gasteiger partial charge is 0.361 e. The average molecular weight is 321 g/mol. The van der Waals surface area contributed by atoms with Crippen molar-refractivity contribution in [1.82, 2.24) is 10.3 Å². The maximum absolute atomic E-state index is 11.2. The van der Waals surface area contributed by atoms with Crippen LogP contribution in [0.3, 0.4) is 0 Å². The summed E-state index contributed by atoms with van der Waals surface area (Å²) in [5.74, 6) is -0.0490. The maximum Gasteiger partial charge on any atom is 0.221 e. The monoisotopic (exact) mass is 321 g/mol. The number of benzene rings is 2. The van der Waals surface area contributed by atoms with Crippen LogP contribution in [-0.2, 0) is 11.2 Å². The molecule has 1 heterocycles. The highest BCUT2D eigenvalue weighted by atomic mass is 16.1. The summed E-state index contributed by atoms with van der Waals surface area (Å²) in [6, 6.07) is 16.6. The zero-order valence-corrected chi connectivity index (χ0v) is 14.1. The molecule has 1 aromatic heterocycles. The first-order chi connectivity index (χ1) is 11.6. The van der Waals surface area contributed by atoms with E-state index in [4.69, 9.17) is 0 Å². The molecule has 1 unspecified atom stereocenters. The van der Waals surface area contributed by atoms with Crippen LogP contribution in [0.2, 0.25) is 0 Å². The summed E-state index contributed by atoms with van der Waals surface area (Å²) >= 11 is 0. The highest BCUT2D eigenvalue weighted by Crippen LogP contribution is 2.19. The summed E-state index contributed by atoms with van der Waals surface area (Å²) in [6.45, 7) is 4.56. The molecular weight excluding hydrogens is 298 g/mol. The lowest BCUT2D eigenvalue weighted by Crippen LogP contribution is -2.21. The molecule has 4 heteroatoms. The molecule has 0 radical (unpaired) electrons. The minimum atomic E-state index is -0.0490. The molecule has 0 saturated heterocycles. The molecule has 0 fully saturated rings. The Kier molecular flexibility index (Phi) is 4.96. The van der Waals surface area contributed by atoms with Crippen LogP contribution in [0.4, 0.5) is 5.69 Å². The number of aromatic nitrogens is 1. The Morgan fingerprint density at radius 3 is 2.83 bits per heavy atom. The molecule has 3 aromatic rings. The quantitative estimate of drug-likeness (QED) is 0.642. The summed E-state index contributed by atoms with van der Waals surface area (Å²) in [4.78, 5) is 14.5. The number of hydrogen-bond donors (Lipinski definition) is 3. The van der Waals surface area contributed by atoms with Gasteiger partial charge in [-0.05, 0) is 49.2 Å². The number of aromatic amines is 1. The Bertz CT molecular complexity index is 838. The number of rotatable bonds is 6. The van der Waals surface area contributed by atoms with Crippen LogP contribution in [0.15, 0.2) is 54.7 Å². The Morgan fingerprint density at radius 1 is 1.17 bits per heavy atom. The Morgan fingerprint density at radius 2 is 2.00 bits per heavy atom. The first-order valence-electron chi connectivity index (χ1n) is 8.29. The number of carbonyl (C=O) groups is 1. The van der Waals surface area contributed by atoms with Gasteiger partial charge in [0.2, 0.25) is 5.91 Å². The van der Waals surface area contributed by atoms with E-state index in [-0.39, 0.29) is 11.9 Å². The molecule has 24 heavy (non-hydrogen) atoms. The Hall–Kier alpha value is -2.59. The summed E-state index contributed by atoms with van der Waals surface area (Å²) in [5.41, 5.74) is 4.52. The molecule has 1 amide bonds. The van der Waals surface area contributed by atoms with Gasteiger partial charge in [-0.1, -0.05) is 30.3 Å². The van der Waals surface area contributed by atoms with Crippen molar-refractivity contribution >= 4 is 22.5 Å². The molecule has 0 saturated carbocycles. The molecule has 3 rings (SSSR count). The van der Waals surface area contributed by atoms with Gasteiger partial charge in [0.25, 0.3) is 0 Å². The second-order valence-corrected chi connectivity index (χ2v) is 6.09. The summed E-state index contributed by atoms with van der Waals surface area (Å²) in [7, 11) is 0. The van der Waals surface area contributed by atoms with Crippen LogP contribution < -0.4 is 10.6 Å². The van der Waals surface area contributed by atoms with Crippen molar-refractivity contribution in [1.29, 1.82) is 0 Å². The van der Waals surface area contributed by atoms with E-state index in [9.17, 15) is 4.79 Å². The zero-order chi connectivity index (χ0) is 16.9. The van der Waals surface area contributed by atoms with Crippen molar-refractivity contribution in [3.8, 4) is 0 Å². The number of nitrogens with one attached hydrogen (secondary N) is 3. The van der Waals surface area contributed by atoms with Gasteiger partial charge < -0.3 is 15.6 Å². The number of amides is 1. The van der Waals surface area contributed by atoms with E-state index in [2.05, 4.69) is 53.0 Å². The third-order valence-electron chi connectivity index (χ3n) is 4.23. The molecule has 3 N–H and O–H groups in total. The van der Waals surface area contributed by atoms with Crippen molar-refractivity contribution in [3.05, 3.63) is 65.9 Å². The van der Waals surface area contributed by atoms with Crippen LogP contribution >= 0.6 is 0 Å². The fourth-order valence-corrected chi connectivity index (χ4v) is 2.97. The first-order valence-corrected chi connectivity index (χ1v) is 8.29. The number of H-pyrrole nitrogens is 1. The normalized spacial score (nSPS) is 12.2. The van der Waals surface area contributed by atoms with Crippen LogP contribution in [0.25, 0.3) is 10.9 Å². The van der Waals surface area contributed by atoms with Gasteiger partial charge >= 0.3 is 0 Å². The topological polar surface area (TPSA) is 56.9 Å². The predicted octanol–water partition coefficient (Wildman–Crippen LogP) is 4.02. The van der Waals surface area contributed by atoms with Gasteiger partial charge in [0.15, 0.2) is 0 Å². The molecule has 124 valence electrons. The van der Waals surface area contributed by atoms with Crippen molar-refractivity contribution in [2.24, 2.45) is 0 Å². The molecule has 0 spiro atoms. The summed E-state index contributed by atoms with van der Waals surface area (Å²) in [6.07, 6.45) is 3.06. The van der Waals surface area contributed by atoms with Crippen LogP contribution in [0.1, 0.15) is 31.0 Å². The minimum absolute atomic E-state index is 0.0490. The van der Waals surface area contributed by atoms with E-state index in [1.807, 2.05) is 24.3 Å². The molecule has 0 aliphatic heterocycles. The SMILES string of the molecule is CC(=O)Nc1cccc(C(C)NCCc2c[nH]c3ccccc23)c1. The molecule has 2 aromatic carbocycles. The molecular formula is C20H23N3O. The van der Waals surface area contributed by atoms with E-state index in [1.165, 1.54) is 29.0 Å². The molecule has 0 aliphatic rings. The molecule has 0 aliphatic carbocycles. The summed E-state index contributed by atoms with van der Waals surface area (Å²) < 4.78 is 0. The second kappa shape index (κ2) is 7.32. The highest BCUT2D eigenvalue weighted by molar-refractivity contribution is 5.88. The van der Waals surface area contributed by atoms with E-state index in [0.717, 1.165) is 18.7 Å². The van der Waals surface area contributed by atoms with Crippen molar-refractivity contribution in [2.75, 3.05) is 11.9 Å². The fraction of sp³-hybridized carbons (Fsp3) is 0.250. The van der Waals surface area contributed by atoms with Gasteiger partial charge in [0.1, 0.15) is 0 Å². The number of fused-ring (bicyclic) bond motifs is 1. The number of para-hydroxylation sites is 1. The Balaban J connectivity index is 1.59. The highest BCUT2D eigenvalue weighted by Gasteiger charge is 2.07. The molecule has 4 nitrogen and oxygen atoms in total. The van der Waals surface area contributed by atoms with E-state index >= 15 is 0 Å². The third kappa shape index (κ3) is 3.84. The van der Waals surface area contributed by atoms with E-state index in [0.29, 0.717) is 0 Å². The third-order valence-corrected chi connectivity index (χ3v) is 4.23. The lowest BCUT2D eigenvalue weighted by Gasteiger charge is -2.15. The Labute approximate surface area is 142 Å². The minimum Gasteiger partial charge on any atom is -0.361 e.